The van der Waals surface area contributed by atoms with Crippen LogP contribution in [0.25, 0.3) is 0 Å². The molecular weight excluding hydrogens is 204 g/mol. The summed E-state index contributed by atoms with van der Waals surface area (Å²) >= 11 is 0. The molecule has 0 aliphatic rings. The number of hydrogen-bond acceptors (Lipinski definition) is 2. The summed E-state index contributed by atoms with van der Waals surface area (Å²) in [5.74, 6) is 0.428. The van der Waals surface area contributed by atoms with Gasteiger partial charge in [-0.3, -0.25) is 0 Å². The van der Waals surface area contributed by atoms with E-state index in [-0.39, 0.29) is 5.41 Å². The number of carbonyl (C=O) groups is 1. The van der Waals surface area contributed by atoms with E-state index in [0.717, 1.165) is 12.0 Å². The maximum Gasteiger partial charge on any atom is 0.511 e. The molecule has 1 aromatic rings. The zero-order chi connectivity index (χ0) is 12.3. The number of carboxylic acid groups (broad SMARTS) is 1. The van der Waals surface area contributed by atoms with Gasteiger partial charge in [0.1, 0.15) is 5.75 Å². The first-order valence-corrected chi connectivity index (χ1v) is 5.38. The van der Waals surface area contributed by atoms with Gasteiger partial charge < -0.3 is 9.84 Å². The predicted molar refractivity (Wildman–Crippen MR) is 63.2 cm³/mol. The maximum absolute atomic E-state index is 10.6. The van der Waals surface area contributed by atoms with Crippen LogP contribution in [0.2, 0.25) is 0 Å². The van der Waals surface area contributed by atoms with Gasteiger partial charge >= 0.3 is 6.16 Å². The van der Waals surface area contributed by atoms with Gasteiger partial charge in [0.25, 0.3) is 0 Å². The van der Waals surface area contributed by atoms with Gasteiger partial charge in [-0.25, -0.2) is 4.79 Å². The fourth-order valence-corrected chi connectivity index (χ4v) is 1.57. The summed E-state index contributed by atoms with van der Waals surface area (Å²) in [5, 5.41) is 8.66. The molecule has 88 valence electrons. The number of rotatable bonds is 2. The highest BCUT2D eigenvalue weighted by atomic mass is 16.7. The zero-order valence-corrected chi connectivity index (χ0v) is 10.2. The van der Waals surface area contributed by atoms with Crippen molar-refractivity contribution in [1.82, 2.24) is 0 Å². The molecule has 0 saturated heterocycles. The molecule has 0 unspecified atom stereocenters. The van der Waals surface area contributed by atoms with E-state index >= 15 is 0 Å². The Balaban J connectivity index is 3.22. The summed E-state index contributed by atoms with van der Waals surface area (Å²) in [6.45, 7) is 8.18. The third-order valence-corrected chi connectivity index (χ3v) is 2.46. The van der Waals surface area contributed by atoms with Crippen LogP contribution in [0.5, 0.6) is 5.75 Å². The second-order valence-corrected chi connectivity index (χ2v) is 4.80. The van der Waals surface area contributed by atoms with E-state index in [1.807, 2.05) is 32.9 Å². The highest BCUT2D eigenvalue weighted by molar-refractivity contribution is 5.62. The van der Waals surface area contributed by atoms with Crippen molar-refractivity contribution in [1.29, 1.82) is 0 Å². The minimum Gasteiger partial charge on any atom is -0.449 e. The van der Waals surface area contributed by atoms with Crippen molar-refractivity contribution in [3.63, 3.8) is 0 Å². The number of hydrogen-bond donors (Lipinski definition) is 1. The Hall–Kier alpha value is -1.51. The van der Waals surface area contributed by atoms with Gasteiger partial charge in [-0.05, 0) is 23.5 Å². The Kier molecular flexibility index (Phi) is 3.58. The fraction of sp³-hybridized carbons (Fsp3) is 0.462. The monoisotopic (exact) mass is 222 g/mol. The Morgan fingerprint density at radius 1 is 1.38 bits per heavy atom. The van der Waals surface area contributed by atoms with Gasteiger partial charge in [0, 0.05) is 5.56 Å². The molecule has 0 atom stereocenters. The molecule has 0 aromatic heterocycles. The minimum absolute atomic E-state index is 0.129. The summed E-state index contributed by atoms with van der Waals surface area (Å²) in [5.41, 5.74) is 1.98. The average molecular weight is 222 g/mol. The van der Waals surface area contributed by atoms with Gasteiger partial charge in [0.2, 0.25) is 0 Å². The molecule has 0 fully saturated rings. The second kappa shape index (κ2) is 4.56. The minimum atomic E-state index is -1.27. The van der Waals surface area contributed by atoms with E-state index in [9.17, 15) is 4.79 Å². The second-order valence-electron chi connectivity index (χ2n) is 4.80. The van der Waals surface area contributed by atoms with Gasteiger partial charge in [0.05, 0.1) is 0 Å². The van der Waals surface area contributed by atoms with Gasteiger partial charge in [-0.15, -0.1) is 0 Å². The summed E-state index contributed by atoms with van der Waals surface area (Å²) in [4.78, 5) is 10.6. The lowest BCUT2D eigenvalue weighted by atomic mass is 9.85. The number of benzene rings is 1. The van der Waals surface area contributed by atoms with Crippen molar-refractivity contribution in [3.05, 3.63) is 29.3 Å². The van der Waals surface area contributed by atoms with Gasteiger partial charge in [-0.1, -0.05) is 39.8 Å². The molecule has 0 saturated carbocycles. The van der Waals surface area contributed by atoms with Gasteiger partial charge in [0.15, 0.2) is 0 Å². The highest BCUT2D eigenvalue weighted by Crippen LogP contribution is 2.32. The molecule has 0 aliphatic carbocycles. The summed E-state index contributed by atoms with van der Waals surface area (Å²) < 4.78 is 4.79. The Labute approximate surface area is 96.1 Å². The lowest BCUT2D eigenvalue weighted by molar-refractivity contribution is 0.143. The first-order valence-electron chi connectivity index (χ1n) is 5.38. The third kappa shape index (κ3) is 2.99. The van der Waals surface area contributed by atoms with E-state index in [4.69, 9.17) is 9.84 Å². The molecule has 0 radical (unpaired) electrons. The van der Waals surface area contributed by atoms with E-state index in [0.29, 0.717) is 5.75 Å². The van der Waals surface area contributed by atoms with Crippen LogP contribution in [0.15, 0.2) is 18.2 Å². The fourth-order valence-electron chi connectivity index (χ4n) is 1.57. The first kappa shape index (κ1) is 12.6. The van der Waals surface area contributed by atoms with Crippen LogP contribution in [0, 0.1) is 0 Å². The van der Waals surface area contributed by atoms with Crippen LogP contribution >= 0.6 is 0 Å². The molecule has 1 aromatic carbocycles. The van der Waals surface area contributed by atoms with Crippen LogP contribution in [0.1, 0.15) is 38.8 Å². The molecule has 1 N–H and O–H groups in total. The molecule has 0 spiro atoms. The summed E-state index contributed by atoms with van der Waals surface area (Å²) in [7, 11) is 0. The molecular formula is C13H18O3. The molecule has 1 rings (SSSR count). The van der Waals surface area contributed by atoms with Gasteiger partial charge in [-0.2, -0.15) is 0 Å². The average Bonchev–Trinajstić information content (AvgIpc) is 2.15. The maximum atomic E-state index is 10.6. The molecule has 0 amide bonds. The predicted octanol–water partition coefficient (Wildman–Crippen LogP) is 3.60. The lowest BCUT2D eigenvalue weighted by Gasteiger charge is -2.22. The normalized spacial score (nSPS) is 11.2. The molecule has 0 heterocycles. The largest absolute Gasteiger partial charge is 0.511 e. The van der Waals surface area contributed by atoms with Crippen LogP contribution in [0.3, 0.4) is 0 Å². The summed E-state index contributed by atoms with van der Waals surface area (Å²) in [6, 6.07) is 5.64. The highest BCUT2D eigenvalue weighted by Gasteiger charge is 2.20. The zero-order valence-electron chi connectivity index (χ0n) is 10.2. The van der Waals surface area contributed by atoms with Crippen molar-refractivity contribution in [2.45, 2.75) is 39.5 Å². The Bertz CT molecular complexity index is 389. The SMILES string of the molecule is CCc1ccc(OC(=O)O)c(C(C)(C)C)c1. The Morgan fingerprint density at radius 3 is 2.44 bits per heavy atom. The third-order valence-electron chi connectivity index (χ3n) is 2.46. The number of aryl methyl sites for hydroxylation is 1. The smallest absolute Gasteiger partial charge is 0.449 e. The van der Waals surface area contributed by atoms with Crippen LogP contribution in [-0.4, -0.2) is 11.3 Å². The van der Waals surface area contributed by atoms with Crippen molar-refractivity contribution in [2.75, 3.05) is 0 Å². The van der Waals surface area contributed by atoms with Crippen molar-refractivity contribution in [2.24, 2.45) is 0 Å². The summed E-state index contributed by atoms with van der Waals surface area (Å²) in [6.07, 6.45) is -0.342. The quantitative estimate of drug-likeness (QED) is 0.614. The van der Waals surface area contributed by atoms with E-state index in [1.165, 1.54) is 5.56 Å². The van der Waals surface area contributed by atoms with Crippen molar-refractivity contribution >= 4 is 6.16 Å². The first-order chi connectivity index (χ1) is 7.34. The van der Waals surface area contributed by atoms with Crippen LogP contribution in [0.4, 0.5) is 4.79 Å². The van der Waals surface area contributed by atoms with E-state index in [2.05, 4.69) is 6.92 Å². The molecule has 0 aliphatic heterocycles. The standard InChI is InChI=1S/C13H18O3/c1-5-9-6-7-11(16-12(14)15)10(8-9)13(2,3)4/h6-8H,5H2,1-4H3,(H,14,15). The molecule has 3 heteroatoms. The molecule has 0 bridgehead atoms. The topological polar surface area (TPSA) is 46.5 Å². The molecule has 3 nitrogen and oxygen atoms in total. The lowest BCUT2D eigenvalue weighted by Crippen LogP contribution is -2.15. The van der Waals surface area contributed by atoms with Crippen LogP contribution in [-0.2, 0) is 11.8 Å². The van der Waals surface area contributed by atoms with E-state index < -0.39 is 6.16 Å². The van der Waals surface area contributed by atoms with E-state index in [1.54, 1.807) is 6.07 Å². The Morgan fingerprint density at radius 2 is 2.00 bits per heavy atom. The number of ether oxygens (including phenoxy) is 1. The van der Waals surface area contributed by atoms with Crippen molar-refractivity contribution < 1.29 is 14.6 Å². The molecule has 16 heavy (non-hydrogen) atoms. The van der Waals surface area contributed by atoms with Crippen LogP contribution < -0.4 is 4.74 Å². The van der Waals surface area contributed by atoms with Crippen molar-refractivity contribution in [3.8, 4) is 5.75 Å².